The lowest BCUT2D eigenvalue weighted by atomic mass is 9.97. The zero-order chi connectivity index (χ0) is 14.8. The molecule has 114 valence electrons. The summed E-state index contributed by atoms with van der Waals surface area (Å²) in [5.41, 5.74) is 2.23. The van der Waals surface area contributed by atoms with Gasteiger partial charge in [0.15, 0.2) is 0 Å². The van der Waals surface area contributed by atoms with E-state index in [0.29, 0.717) is 16.9 Å². The molecule has 0 unspecified atom stereocenters. The zero-order valence-corrected chi connectivity index (χ0v) is 13.3. The highest BCUT2D eigenvalue weighted by molar-refractivity contribution is 6.30. The van der Waals surface area contributed by atoms with Crippen molar-refractivity contribution in [3.63, 3.8) is 0 Å². The fourth-order valence-electron chi connectivity index (χ4n) is 2.66. The fraction of sp³-hybridized carbons (Fsp3) is 0.643. The number of aryl methyl sites for hydroxylation is 1. The summed E-state index contributed by atoms with van der Waals surface area (Å²) in [7, 11) is 4.13. The average molecular weight is 309 g/mol. The molecule has 7 heteroatoms. The molecule has 0 atom stereocenters. The molecular weight excluding hydrogens is 288 g/mol. The van der Waals surface area contributed by atoms with Crippen molar-refractivity contribution in [2.45, 2.75) is 32.1 Å². The maximum atomic E-state index is 6.46. The van der Waals surface area contributed by atoms with E-state index in [1.165, 1.54) is 12.8 Å². The van der Waals surface area contributed by atoms with Crippen LogP contribution in [-0.2, 0) is 12.8 Å². The lowest BCUT2D eigenvalue weighted by Crippen LogP contribution is -2.16. The van der Waals surface area contributed by atoms with Gasteiger partial charge in [-0.25, -0.2) is 4.98 Å². The Labute approximate surface area is 129 Å². The van der Waals surface area contributed by atoms with Crippen molar-refractivity contribution in [1.29, 1.82) is 0 Å². The molecule has 0 aromatic carbocycles. The molecular formula is C14H21ClN6. The Morgan fingerprint density at radius 2 is 2.05 bits per heavy atom. The van der Waals surface area contributed by atoms with Gasteiger partial charge in [0.2, 0.25) is 5.95 Å². The number of halogens is 1. The molecule has 0 spiro atoms. The molecule has 0 saturated carbocycles. The molecule has 0 amide bonds. The van der Waals surface area contributed by atoms with Gasteiger partial charge in [-0.3, -0.25) is 0 Å². The highest BCUT2D eigenvalue weighted by Gasteiger charge is 2.19. The third-order valence-electron chi connectivity index (χ3n) is 3.76. The molecule has 6 nitrogen and oxygen atoms in total. The number of aromatic nitrogens is 4. The second kappa shape index (κ2) is 6.15. The molecule has 0 bridgehead atoms. The van der Waals surface area contributed by atoms with E-state index in [2.05, 4.69) is 39.4 Å². The van der Waals surface area contributed by atoms with Crippen molar-refractivity contribution in [3.8, 4) is 0 Å². The van der Waals surface area contributed by atoms with Crippen LogP contribution in [0.5, 0.6) is 0 Å². The number of hydrogen-bond donors (Lipinski definition) is 1. The highest BCUT2D eigenvalue weighted by atomic mass is 35.5. The minimum Gasteiger partial charge on any atom is -0.353 e. The van der Waals surface area contributed by atoms with E-state index in [9.17, 15) is 0 Å². The van der Waals surface area contributed by atoms with E-state index in [0.717, 1.165) is 43.6 Å². The van der Waals surface area contributed by atoms with Crippen LogP contribution >= 0.6 is 11.6 Å². The fourth-order valence-corrected chi connectivity index (χ4v) is 2.98. The molecule has 0 radical (unpaired) electrons. The lowest BCUT2D eigenvalue weighted by molar-refractivity contribution is 0.405. The van der Waals surface area contributed by atoms with Crippen molar-refractivity contribution in [2.24, 2.45) is 0 Å². The smallest absolute Gasteiger partial charge is 0.255 e. The largest absolute Gasteiger partial charge is 0.353 e. The maximum absolute atomic E-state index is 6.46. The quantitative estimate of drug-likeness (QED) is 0.676. The molecule has 2 aromatic heterocycles. The molecule has 2 heterocycles. The second-order valence-electron chi connectivity index (χ2n) is 5.77. The summed E-state index contributed by atoms with van der Waals surface area (Å²) in [6.45, 7) is 1.88. The Bertz CT molecular complexity index is 636. The van der Waals surface area contributed by atoms with Crippen LogP contribution in [-0.4, -0.2) is 51.7 Å². The Hall–Kier alpha value is -1.40. The Morgan fingerprint density at radius 1 is 1.24 bits per heavy atom. The molecule has 1 N–H and O–H groups in total. The zero-order valence-electron chi connectivity index (χ0n) is 12.6. The maximum Gasteiger partial charge on any atom is 0.255 e. The summed E-state index contributed by atoms with van der Waals surface area (Å²) in [4.78, 5) is 11.2. The van der Waals surface area contributed by atoms with E-state index < -0.39 is 0 Å². The van der Waals surface area contributed by atoms with Gasteiger partial charge in [0.1, 0.15) is 5.15 Å². The Kier molecular flexibility index (Phi) is 4.26. The van der Waals surface area contributed by atoms with Crippen molar-refractivity contribution in [3.05, 3.63) is 16.4 Å². The summed E-state index contributed by atoms with van der Waals surface area (Å²) in [6.07, 6.45) is 5.37. The van der Waals surface area contributed by atoms with Crippen molar-refractivity contribution in [2.75, 3.05) is 32.5 Å². The molecule has 0 aliphatic heterocycles. The van der Waals surface area contributed by atoms with Gasteiger partial charge in [0, 0.05) is 12.1 Å². The standard InChI is InChI=1S/C14H21ClN6/c1-20(2)9-5-8-16-13-18-14-17-11-7-4-3-6-10(11)12(15)21(14)19-13/h3-9H2,1-2H3,(H,16,19). The van der Waals surface area contributed by atoms with E-state index in [-0.39, 0.29) is 0 Å². The number of fused-ring (bicyclic) bond motifs is 2. The van der Waals surface area contributed by atoms with E-state index in [1.807, 2.05) is 0 Å². The van der Waals surface area contributed by atoms with E-state index in [4.69, 9.17) is 11.6 Å². The molecule has 1 aliphatic rings. The molecule has 1 aliphatic carbocycles. The van der Waals surface area contributed by atoms with Gasteiger partial charge in [0.25, 0.3) is 5.78 Å². The lowest BCUT2D eigenvalue weighted by Gasteiger charge is -2.15. The van der Waals surface area contributed by atoms with Crippen LogP contribution in [0.1, 0.15) is 30.5 Å². The van der Waals surface area contributed by atoms with E-state index >= 15 is 0 Å². The molecule has 3 rings (SSSR count). The van der Waals surface area contributed by atoms with E-state index in [1.54, 1.807) is 4.52 Å². The molecule has 0 saturated heterocycles. The van der Waals surface area contributed by atoms with Gasteiger partial charge >= 0.3 is 0 Å². The van der Waals surface area contributed by atoms with Gasteiger partial charge in [-0.05, 0) is 52.7 Å². The highest BCUT2D eigenvalue weighted by Crippen LogP contribution is 2.27. The van der Waals surface area contributed by atoms with Crippen LogP contribution in [0.25, 0.3) is 5.78 Å². The minimum absolute atomic E-state index is 0.593. The van der Waals surface area contributed by atoms with Crippen molar-refractivity contribution < 1.29 is 0 Å². The average Bonchev–Trinajstić information content (AvgIpc) is 2.87. The van der Waals surface area contributed by atoms with Gasteiger partial charge in [0.05, 0.1) is 5.69 Å². The van der Waals surface area contributed by atoms with Gasteiger partial charge in [-0.15, -0.1) is 5.10 Å². The Morgan fingerprint density at radius 3 is 2.86 bits per heavy atom. The number of rotatable bonds is 5. The monoisotopic (exact) mass is 308 g/mol. The van der Waals surface area contributed by atoms with Crippen LogP contribution in [0.2, 0.25) is 5.15 Å². The first-order valence-electron chi connectivity index (χ1n) is 7.48. The van der Waals surface area contributed by atoms with Crippen molar-refractivity contribution >= 4 is 23.3 Å². The van der Waals surface area contributed by atoms with Gasteiger partial charge in [-0.2, -0.15) is 9.50 Å². The van der Waals surface area contributed by atoms with Crippen LogP contribution in [0.3, 0.4) is 0 Å². The first-order chi connectivity index (χ1) is 10.1. The SMILES string of the molecule is CN(C)CCCNc1nc2nc3c(c(Cl)n2n1)CCCC3. The molecule has 21 heavy (non-hydrogen) atoms. The minimum atomic E-state index is 0.593. The van der Waals surface area contributed by atoms with Crippen LogP contribution in [0.15, 0.2) is 0 Å². The number of anilines is 1. The molecule has 0 fully saturated rings. The van der Waals surface area contributed by atoms with Crippen LogP contribution in [0.4, 0.5) is 5.95 Å². The van der Waals surface area contributed by atoms with Crippen LogP contribution < -0.4 is 5.32 Å². The first kappa shape index (κ1) is 14.5. The van der Waals surface area contributed by atoms with Gasteiger partial charge in [-0.1, -0.05) is 11.6 Å². The predicted molar refractivity (Wildman–Crippen MR) is 84.1 cm³/mol. The first-order valence-corrected chi connectivity index (χ1v) is 7.85. The third kappa shape index (κ3) is 3.11. The van der Waals surface area contributed by atoms with Gasteiger partial charge < -0.3 is 10.2 Å². The van der Waals surface area contributed by atoms with Crippen molar-refractivity contribution in [1.82, 2.24) is 24.5 Å². The summed E-state index contributed by atoms with van der Waals surface area (Å²) >= 11 is 6.46. The summed E-state index contributed by atoms with van der Waals surface area (Å²) in [5.74, 6) is 1.20. The number of nitrogens with zero attached hydrogens (tertiary/aromatic N) is 5. The third-order valence-corrected chi connectivity index (χ3v) is 4.15. The Balaban J connectivity index is 1.78. The normalized spacial score (nSPS) is 14.7. The molecule has 2 aromatic rings. The number of nitrogens with one attached hydrogen (secondary N) is 1. The summed E-state index contributed by atoms with van der Waals surface area (Å²) < 4.78 is 1.65. The second-order valence-corrected chi connectivity index (χ2v) is 6.12. The topological polar surface area (TPSA) is 58.3 Å². The predicted octanol–water partition coefficient (Wildman–Crippen LogP) is 2.02. The summed E-state index contributed by atoms with van der Waals surface area (Å²) in [5, 5.41) is 8.33. The van der Waals surface area contributed by atoms with Crippen LogP contribution in [0, 0.1) is 0 Å². The summed E-state index contributed by atoms with van der Waals surface area (Å²) in [6, 6.07) is 0. The number of hydrogen-bond acceptors (Lipinski definition) is 5.